The fraction of sp³-hybridized carbons (Fsp3) is 0. The molecule has 0 unspecified atom stereocenters. The quantitative estimate of drug-likeness (QED) is 0.191. The molecule has 0 bridgehead atoms. The maximum absolute atomic E-state index is 4.99. The van der Waals surface area contributed by atoms with Crippen LogP contribution in [0.1, 0.15) is 0 Å². The van der Waals surface area contributed by atoms with Crippen molar-refractivity contribution in [1.82, 2.24) is 19.9 Å². The molecule has 0 aliphatic carbocycles. The topological polar surface area (TPSA) is 51.6 Å². The van der Waals surface area contributed by atoms with Crippen molar-refractivity contribution in [3.05, 3.63) is 146 Å². The first-order valence-corrected chi connectivity index (χ1v) is 16.7. The van der Waals surface area contributed by atoms with E-state index < -0.39 is 0 Å². The highest BCUT2D eigenvalue weighted by atomic mass is 32.1. The minimum Gasteiger partial charge on any atom is -0.236 e. The van der Waals surface area contributed by atoms with E-state index in [9.17, 15) is 0 Å². The second-order valence-corrected chi connectivity index (χ2v) is 13.2. The number of rotatable bonds is 5. The van der Waals surface area contributed by atoms with Crippen molar-refractivity contribution < 1.29 is 0 Å². The number of aromatic nitrogens is 4. The summed E-state index contributed by atoms with van der Waals surface area (Å²) < 4.78 is 3.70. The van der Waals surface area contributed by atoms with Gasteiger partial charge in [-0.1, -0.05) is 121 Å². The van der Waals surface area contributed by atoms with Gasteiger partial charge in [0.25, 0.3) is 0 Å². The van der Waals surface area contributed by atoms with Crippen LogP contribution in [0.4, 0.5) is 0 Å². The fourth-order valence-electron chi connectivity index (χ4n) is 5.96. The Hall–Kier alpha value is -5.56. The van der Waals surface area contributed by atoms with Gasteiger partial charge in [0.05, 0.1) is 10.2 Å². The van der Waals surface area contributed by atoms with Gasteiger partial charge >= 0.3 is 0 Å². The Labute approximate surface area is 273 Å². The third-order valence-electron chi connectivity index (χ3n) is 8.16. The van der Waals surface area contributed by atoms with Gasteiger partial charge in [-0.05, 0) is 35.4 Å². The Morgan fingerprint density at radius 1 is 0.370 bits per heavy atom. The molecule has 6 aromatic carbocycles. The first-order valence-electron chi connectivity index (χ1n) is 15.1. The molecule has 0 atom stereocenters. The molecule has 0 fully saturated rings. The molecule has 216 valence electrons. The summed E-state index contributed by atoms with van der Waals surface area (Å²) >= 11 is 3.57. The number of fused-ring (bicyclic) bond motifs is 4. The Morgan fingerprint density at radius 2 is 0.935 bits per heavy atom. The van der Waals surface area contributed by atoms with E-state index in [1.165, 1.54) is 30.4 Å². The van der Waals surface area contributed by atoms with Gasteiger partial charge < -0.3 is 0 Å². The minimum atomic E-state index is 0.650. The number of thiophene rings is 1. The van der Waals surface area contributed by atoms with E-state index in [1.54, 1.807) is 11.3 Å². The Balaban J connectivity index is 1.19. The van der Waals surface area contributed by atoms with Crippen LogP contribution in [0, 0.1) is 0 Å². The Bertz CT molecular complexity index is 2460. The molecular weight excluding hydrogens is 601 g/mol. The van der Waals surface area contributed by atoms with E-state index in [-0.39, 0.29) is 0 Å². The van der Waals surface area contributed by atoms with Gasteiger partial charge in [0.15, 0.2) is 17.5 Å². The third-order valence-corrected chi connectivity index (χ3v) is 10.3. The Kier molecular flexibility index (Phi) is 6.47. The summed E-state index contributed by atoms with van der Waals surface area (Å²) in [4.78, 5) is 19.8. The van der Waals surface area contributed by atoms with Gasteiger partial charge in [0, 0.05) is 42.4 Å². The number of hydrogen-bond acceptors (Lipinski definition) is 6. The van der Waals surface area contributed by atoms with Gasteiger partial charge in [-0.15, -0.1) is 22.7 Å². The largest absolute Gasteiger partial charge is 0.236 e. The summed E-state index contributed by atoms with van der Waals surface area (Å²) in [6.45, 7) is 0. The molecular formula is C40H24N4S2. The third kappa shape index (κ3) is 4.76. The van der Waals surface area contributed by atoms with Gasteiger partial charge in [-0.25, -0.2) is 19.9 Å². The second kappa shape index (κ2) is 11.1. The normalized spacial score (nSPS) is 11.5. The van der Waals surface area contributed by atoms with Crippen molar-refractivity contribution >= 4 is 53.1 Å². The van der Waals surface area contributed by atoms with Crippen molar-refractivity contribution in [1.29, 1.82) is 0 Å². The maximum Gasteiger partial charge on any atom is 0.164 e. The summed E-state index contributed by atoms with van der Waals surface area (Å²) in [5.74, 6) is 1.96. The van der Waals surface area contributed by atoms with Gasteiger partial charge in [-0.2, -0.15) is 0 Å². The minimum absolute atomic E-state index is 0.650. The zero-order valence-electron chi connectivity index (χ0n) is 24.5. The highest BCUT2D eigenvalue weighted by molar-refractivity contribution is 7.26. The van der Waals surface area contributed by atoms with Crippen LogP contribution in [0.2, 0.25) is 0 Å². The molecule has 0 aliphatic rings. The summed E-state index contributed by atoms with van der Waals surface area (Å²) in [5, 5.41) is 3.57. The van der Waals surface area contributed by atoms with Crippen LogP contribution in [0.15, 0.2) is 146 Å². The molecule has 4 nitrogen and oxygen atoms in total. The molecule has 0 aliphatic heterocycles. The van der Waals surface area contributed by atoms with Gasteiger partial charge in [0.2, 0.25) is 0 Å². The van der Waals surface area contributed by atoms with Gasteiger partial charge in [-0.3, -0.25) is 0 Å². The van der Waals surface area contributed by atoms with Crippen molar-refractivity contribution in [2.75, 3.05) is 0 Å². The monoisotopic (exact) mass is 624 g/mol. The molecule has 6 heteroatoms. The molecule has 9 aromatic rings. The zero-order valence-corrected chi connectivity index (χ0v) is 26.1. The van der Waals surface area contributed by atoms with Crippen LogP contribution in [-0.4, -0.2) is 19.9 Å². The van der Waals surface area contributed by atoms with E-state index >= 15 is 0 Å². The molecule has 0 saturated heterocycles. The molecule has 3 heterocycles. The fourth-order valence-corrected chi connectivity index (χ4v) is 8.09. The number of hydrogen-bond donors (Lipinski definition) is 0. The molecule has 0 amide bonds. The SMILES string of the molecule is c1ccc(-c2nc(-c3ccccc3)nc(-c3cccc(-c4cccc5sc6cc7nc(-c8ccccc8)sc7cc6c45)c3)n2)cc1. The highest BCUT2D eigenvalue weighted by Gasteiger charge is 2.16. The lowest BCUT2D eigenvalue weighted by Crippen LogP contribution is -2.00. The summed E-state index contributed by atoms with van der Waals surface area (Å²) in [6, 6.07) is 50.3. The van der Waals surface area contributed by atoms with Crippen LogP contribution in [0.3, 0.4) is 0 Å². The van der Waals surface area contributed by atoms with E-state index in [2.05, 4.69) is 78.9 Å². The molecule has 0 radical (unpaired) electrons. The van der Waals surface area contributed by atoms with Crippen LogP contribution in [-0.2, 0) is 0 Å². The van der Waals surface area contributed by atoms with Crippen LogP contribution < -0.4 is 0 Å². The predicted octanol–water partition coefficient (Wildman–Crippen LogP) is 11.2. The van der Waals surface area contributed by atoms with Crippen molar-refractivity contribution in [3.8, 4) is 55.9 Å². The molecule has 46 heavy (non-hydrogen) atoms. The second-order valence-electron chi connectivity index (χ2n) is 11.1. The molecule has 0 N–H and O–H groups in total. The first-order chi connectivity index (χ1) is 22.8. The summed E-state index contributed by atoms with van der Waals surface area (Å²) in [5.41, 5.74) is 7.38. The molecule has 9 rings (SSSR count). The predicted molar refractivity (Wildman–Crippen MR) is 193 cm³/mol. The van der Waals surface area contributed by atoms with Crippen molar-refractivity contribution in [2.45, 2.75) is 0 Å². The molecule has 0 spiro atoms. The van der Waals surface area contributed by atoms with Crippen LogP contribution in [0.25, 0.3) is 86.3 Å². The lowest BCUT2D eigenvalue weighted by molar-refractivity contribution is 1.07. The zero-order chi connectivity index (χ0) is 30.5. The average molecular weight is 625 g/mol. The van der Waals surface area contributed by atoms with Crippen molar-refractivity contribution in [3.63, 3.8) is 0 Å². The van der Waals surface area contributed by atoms with Crippen LogP contribution in [0.5, 0.6) is 0 Å². The average Bonchev–Trinajstić information content (AvgIpc) is 3.72. The highest BCUT2D eigenvalue weighted by Crippen LogP contribution is 2.43. The van der Waals surface area contributed by atoms with E-state index in [0.29, 0.717) is 17.5 Å². The Morgan fingerprint density at radius 3 is 1.61 bits per heavy atom. The first kappa shape index (κ1) is 26.8. The van der Waals surface area contributed by atoms with Crippen molar-refractivity contribution in [2.24, 2.45) is 0 Å². The summed E-state index contributed by atoms with van der Waals surface area (Å²) in [6.07, 6.45) is 0. The molecule has 3 aromatic heterocycles. The van der Waals surface area contributed by atoms with Gasteiger partial charge in [0.1, 0.15) is 5.01 Å². The molecule has 0 saturated carbocycles. The van der Waals surface area contributed by atoms with E-state index in [1.807, 2.05) is 78.1 Å². The summed E-state index contributed by atoms with van der Waals surface area (Å²) in [7, 11) is 0. The maximum atomic E-state index is 4.99. The number of thiazole rings is 1. The van der Waals surface area contributed by atoms with Crippen LogP contribution >= 0.6 is 22.7 Å². The lowest BCUT2D eigenvalue weighted by atomic mass is 9.98. The standard InChI is InChI=1S/C40H24N4S2/c1-4-12-25(13-5-1)37-42-38(26-14-6-2-7-15-26)44-39(43-37)29-19-10-18-28(22-29)30-20-11-21-33-36(30)31-23-35-32(24-34(31)45-33)41-40(46-35)27-16-8-3-9-17-27/h1-24H. The smallest absolute Gasteiger partial charge is 0.164 e. The lowest BCUT2D eigenvalue weighted by Gasteiger charge is -2.10. The number of nitrogens with zero attached hydrogens (tertiary/aromatic N) is 4. The van der Waals surface area contributed by atoms with E-state index in [0.717, 1.165) is 38.3 Å². The van der Waals surface area contributed by atoms with E-state index in [4.69, 9.17) is 19.9 Å². The number of benzene rings is 6.